The summed E-state index contributed by atoms with van der Waals surface area (Å²) in [6, 6.07) is 4.73. The Bertz CT molecular complexity index is 910. The number of alkyl halides is 3. The van der Waals surface area contributed by atoms with Crippen LogP contribution >= 0.6 is 0 Å². The summed E-state index contributed by atoms with van der Waals surface area (Å²) >= 11 is 0. The highest BCUT2D eigenvalue weighted by Crippen LogP contribution is 2.44. The zero-order valence-corrected chi connectivity index (χ0v) is 15.7. The highest BCUT2D eigenvalue weighted by molar-refractivity contribution is 5.87. The van der Waals surface area contributed by atoms with E-state index in [-0.39, 0.29) is 6.42 Å². The standard InChI is InChI=1S/C22H20F4N2O/c1-3-11-20(16-7-9-17(23)10-8-16)12-5-4-6-18(20)27-19(29)21(22(24,25)26)13-14-28(2)15-21/h1,4-10,12-14,18H,11,15H2,2H3,(H,27,29). The minimum Gasteiger partial charge on any atom is -0.379 e. The van der Waals surface area contributed by atoms with E-state index in [0.717, 1.165) is 6.08 Å². The van der Waals surface area contributed by atoms with Gasteiger partial charge in [0.1, 0.15) is 5.82 Å². The maximum Gasteiger partial charge on any atom is 0.408 e. The minimum atomic E-state index is -4.77. The first kappa shape index (κ1) is 20.7. The second-order valence-corrected chi connectivity index (χ2v) is 7.32. The lowest BCUT2D eigenvalue weighted by molar-refractivity contribution is -0.206. The van der Waals surface area contributed by atoms with Crippen molar-refractivity contribution in [3.8, 4) is 12.3 Å². The van der Waals surface area contributed by atoms with Crippen molar-refractivity contribution in [1.82, 2.24) is 10.2 Å². The zero-order chi connectivity index (χ0) is 21.3. The molecule has 1 aromatic rings. The van der Waals surface area contributed by atoms with E-state index in [1.165, 1.54) is 42.4 Å². The van der Waals surface area contributed by atoms with Gasteiger partial charge < -0.3 is 10.2 Å². The Labute approximate surface area is 166 Å². The predicted octanol–water partition coefficient (Wildman–Crippen LogP) is 3.71. The molecule has 3 atom stereocenters. The average molecular weight is 404 g/mol. The SMILES string of the molecule is C#CCC1(c2ccc(F)cc2)C=CC=CC1NC(=O)C1(C(F)(F)F)C=CN(C)C1. The van der Waals surface area contributed by atoms with Gasteiger partial charge in [0, 0.05) is 25.4 Å². The monoisotopic (exact) mass is 404 g/mol. The van der Waals surface area contributed by atoms with Crippen molar-refractivity contribution in [2.45, 2.75) is 24.1 Å². The highest BCUT2D eigenvalue weighted by Gasteiger charge is 2.61. The van der Waals surface area contributed by atoms with Crippen LogP contribution in [0.1, 0.15) is 12.0 Å². The Balaban J connectivity index is 1.99. The highest BCUT2D eigenvalue weighted by atomic mass is 19.4. The molecule has 0 bridgehead atoms. The fourth-order valence-electron chi connectivity index (χ4n) is 3.81. The maximum absolute atomic E-state index is 13.9. The Morgan fingerprint density at radius 1 is 1.28 bits per heavy atom. The summed E-state index contributed by atoms with van der Waals surface area (Å²) in [7, 11) is 1.47. The van der Waals surface area contributed by atoms with Crippen molar-refractivity contribution in [1.29, 1.82) is 0 Å². The molecule has 29 heavy (non-hydrogen) atoms. The molecular formula is C22H20F4N2O. The first-order valence-electron chi connectivity index (χ1n) is 8.97. The molecule has 0 fully saturated rings. The van der Waals surface area contributed by atoms with Crippen molar-refractivity contribution in [2.75, 3.05) is 13.6 Å². The van der Waals surface area contributed by atoms with E-state index in [1.807, 2.05) is 0 Å². The van der Waals surface area contributed by atoms with Crippen LogP contribution in [0.4, 0.5) is 17.6 Å². The fourth-order valence-corrected chi connectivity index (χ4v) is 3.81. The second kappa shape index (κ2) is 7.43. The van der Waals surface area contributed by atoms with E-state index in [0.29, 0.717) is 5.56 Å². The third-order valence-electron chi connectivity index (χ3n) is 5.45. The lowest BCUT2D eigenvalue weighted by Gasteiger charge is -2.40. The number of nitrogens with zero attached hydrogens (tertiary/aromatic N) is 1. The molecule has 1 heterocycles. The second-order valence-electron chi connectivity index (χ2n) is 7.32. The van der Waals surface area contributed by atoms with Gasteiger partial charge in [0.15, 0.2) is 5.41 Å². The Hall–Kier alpha value is -3.01. The van der Waals surface area contributed by atoms with Crippen LogP contribution in [-0.4, -0.2) is 36.6 Å². The lowest BCUT2D eigenvalue weighted by Crippen LogP contribution is -2.58. The van der Waals surface area contributed by atoms with Crippen LogP contribution in [0, 0.1) is 23.6 Å². The summed E-state index contributed by atoms with van der Waals surface area (Å²) in [5.41, 5.74) is -3.04. The van der Waals surface area contributed by atoms with Crippen molar-refractivity contribution in [3.05, 3.63) is 72.2 Å². The van der Waals surface area contributed by atoms with Crippen molar-refractivity contribution in [3.63, 3.8) is 0 Å². The van der Waals surface area contributed by atoms with E-state index in [4.69, 9.17) is 6.42 Å². The first-order chi connectivity index (χ1) is 13.6. The quantitative estimate of drug-likeness (QED) is 0.613. The number of carbonyl (C=O) groups is 1. The molecule has 0 saturated heterocycles. The van der Waals surface area contributed by atoms with Crippen molar-refractivity contribution < 1.29 is 22.4 Å². The molecule has 2 aliphatic rings. The number of rotatable bonds is 4. The average Bonchev–Trinajstić information content (AvgIpc) is 3.07. The largest absolute Gasteiger partial charge is 0.408 e. The van der Waals surface area contributed by atoms with E-state index < -0.39 is 41.3 Å². The molecule has 1 aliphatic heterocycles. The van der Waals surface area contributed by atoms with Gasteiger partial charge in [-0.1, -0.05) is 36.4 Å². The van der Waals surface area contributed by atoms with Crippen LogP contribution in [-0.2, 0) is 10.2 Å². The molecule has 152 valence electrons. The van der Waals surface area contributed by atoms with Crippen LogP contribution < -0.4 is 5.32 Å². The summed E-state index contributed by atoms with van der Waals surface area (Å²) < 4.78 is 55.0. The first-order valence-corrected chi connectivity index (χ1v) is 8.97. The molecule has 1 amide bonds. The van der Waals surface area contributed by atoms with Gasteiger partial charge in [-0.15, -0.1) is 12.3 Å². The molecule has 1 aromatic carbocycles. The molecular weight excluding hydrogens is 384 g/mol. The summed E-state index contributed by atoms with van der Waals surface area (Å²) in [4.78, 5) is 14.2. The number of amides is 1. The molecule has 0 radical (unpaired) electrons. The van der Waals surface area contributed by atoms with Gasteiger partial charge in [-0.25, -0.2) is 4.39 Å². The van der Waals surface area contributed by atoms with Gasteiger partial charge in [-0.3, -0.25) is 4.79 Å². The van der Waals surface area contributed by atoms with Crippen LogP contribution in [0.15, 0.2) is 60.8 Å². The van der Waals surface area contributed by atoms with Gasteiger partial charge in [0.25, 0.3) is 0 Å². The summed E-state index contributed by atoms with van der Waals surface area (Å²) in [5.74, 6) is 0.934. The number of allylic oxidation sites excluding steroid dienone is 2. The number of hydrogen-bond donors (Lipinski definition) is 1. The van der Waals surface area contributed by atoms with E-state index >= 15 is 0 Å². The van der Waals surface area contributed by atoms with Crippen LogP contribution in [0.5, 0.6) is 0 Å². The van der Waals surface area contributed by atoms with E-state index in [1.54, 1.807) is 24.3 Å². The van der Waals surface area contributed by atoms with Crippen molar-refractivity contribution >= 4 is 5.91 Å². The molecule has 1 N–H and O–H groups in total. The number of halogens is 4. The van der Waals surface area contributed by atoms with Crippen molar-refractivity contribution in [2.24, 2.45) is 5.41 Å². The lowest BCUT2D eigenvalue weighted by atomic mass is 9.69. The minimum absolute atomic E-state index is 0.110. The number of hydrogen-bond acceptors (Lipinski definition) is 2. The van der Waals surface area contributed by atoms with E-state index in [2.05, 4.69) is 11.2 Å². The molecule has 0 saturated carbocycles. The number of terminal acetylenes is 1. The zero-order valence-electron chi connectivity index (χ0n) is 15.7. The molecule has 0 aromatic heterocycles. The summed E-state index contributed by atoms with van der Waals surface area (Å²) in [6.07, 6.45) is 9.71. The molecule has 3 unspecified atom stereocenters. The Morgan fingerprint density at radius 2 is 1.97 bits per heavy atom. The van der Waals surface area contributed by atoms with Crippen LogP contribution in [0.3, 0.4) is 0 Å². The topological polar surface area (TPSA) is 32.3 Å². The van der Waals surface area contributed by atoms with Gasteiger partial charge in [0.05, 0.1) is 6.04 Å². The molecule has 1 aliphatic carbocycles. The smallest absolute Gasteiger partial charge is 0.379 e. The molecule has 3 rings (SSSR count). The van der Waals surface area contributed by atoms with Gasteiger partial charge in [-0.2, -0.15) is 13.2 Å². The number of nitrogens with one attached hydrogen (secondary N) is 1. The van der Waals surface area contributed by atoms with Gasteiger partial charge in [-0.05, 0) is 30.0 Å². The van der Waals surface area contributed by atoms with E-state index in [9.17, 15) is 22.4 Å². The summed E-state index contributed by atoms with van der Waals surface area (Å²) in [5, 5.41) is 2.55. The third kappa shape index (κ3) is 3.55. The van der Waals surface area contributed by atoms with Gasteiger partial charge in [0.2, 0.25) is 5.91 Å². The summed E-state index contributed by atoms with van der Waals surface area (Å²) in [6.45, 7) is -0.507. The number of carbonyl (C=O) groups excluding carboxylic acids is 1. The fraction of sp³-hybridized carbons (Fsp3) is 0.318. The molecule has 7 heteroatoms. The maximum atomic E-state index is 13.9. The van der Waals surface area contributed by atoms with Crippen LogP contribution in [0.25, 0.3) is 0 Å². The normalized spacial score (nSPS) is 28.4. The molecule has 3 nitrogen and oxygen atoms in total. The third-order valence-corrected chi connectivity index (χ3v) is 5.45. The predicted molar refractivity (Wildman–Crippen MR) is 102 cm³/mol. The van der Waals surface area contributed by atoms with Gasteiger partial charge >= 0.3 is 6.18 Å². The number of benzene rings is 1. The Kier molecular flexibility index (Phi) is 5.31. The molecule has 0 spiro atoms. The Morgan fingerprint density at radius 3 is 2.52 bits per heavy atom. The van der Waals surface area contributed by atoms with Crippen LogP contribution in [0.2, 0.25) is 0 Å².